The molecule has 0 aliphatic heterocycles. The van der Waals surface area contributed by atoms with Gasteiger partial charge < -0.3 is 14.7 Å². The van der Waals surface area contributed by atoms with Gasteiger partial charge in [-0.25, -0.2) is 0 Å². The lowest BCUT2D eigenvalue weighted by Gasteiger charge is -2.07. The molecule has 0 saturated carbocycles. The highest BCUT2D eigenvalue weighted by Gasteiger charge is 2.16. The van der Waals surface area contributed by atoms with E-state index >= 15 is 0 Å². The summed E-state index contributed by atoms with van der Waals surface area (Å²) in [7, 11) is -2.34. The van der Waals surface area contributed by atoms with E-state index in [0.29, 0.717) is 11.4 Å². The maximum absolute atomic E-state index is 12.0. The summed E-state index contributed by atoms with van der Waals surface area (Å²) in [6.45, 7) is 0. The van der Waals surface area contributed by atoms with Crippen LogP contribution in [0.15, 0.2) is 53.4 Å². The third-order valence-corrected chi connectivity index (χ3v) is 3.70. The van der Waals surface area contributed by atoms with Gasteiger partial charge in [-0.15, -0.1) is 0 Å². The van der Waals surface area contributed by atoms with Gasteiger partial charge in [0.2, 0.25) is 0 Å². The molecule has 2 aromatic carbocycles. The predicted molar refractivity (Wildman–Crippen MR) is 71.7 cm³/mol. The average Bonchev–Trinajstić information content (AvgIpc) is 2.41. The second-order valence-electron chi connectivity index (χ2n) is 3.78. The highest BCUT2D eigenvalue weighted by Crippen LogP contribution is 2.21. The van der Waals surface area contributed by atoms with Gasteiger partial charge in [-0.2, -0.15) is 8.42 Å². The lowest BCUT2D eigenvalue weighted by Crippen LogP contribution is -2.09. The lowest BCUT2D eigenvalue weighted by molar-refractivity contribution is 0.414. The number of nitrogen functional groups attached to an aromatic ring is 1. The van der Waals surface area contributed by atoms with E-state index in [9.17, 15) is 8.42 Å². The van der Waals surface area contributed by atoms with Crippen LogP contribution in [-0.4, -0.2) is 15.5 Å². The smallest absolute Gasteiger partial charge is 0.339 e. The third kappa shape index (κ3) is 3.17. The Kier molecular flexibility index (Phi) is 3.62. The lowest BCUT2D eigenvalue weighted by atomic mass is 10.3. The zero-order valence-electron chi connectivity index (χ0n) is 10.2. The number of anilines is 1. The predicted octanol–water partition coefficient (Wildman–Crippen LogP) is 2.05. The van der Waals surface area contributed by atoms with Crippen LogP contribution in [0.5, 0.6) is 11.5 Å². The molecule has 0 bridgehead atoms. The van der Waals surface area contributed by atoms with Gasteiger partial charge in [0.15, 0.2) is 0 Å². The Balaban J connectivity index is 2.24. The number of methoxy groups -OCH3 is 1. The van der Waals surface area contributed by atoms with Gasteiger partial charge >= 0.3 is 10.1 Å². The molecule has 0 unspecified atom stereocenters. The first-order valence-electron chi connectivity index (χ1n) is 5.45. The monoisotopic (exact) mass is 279 g/mol. The number of hydrogen-bond acceptors (Lipinski definition) is 5. The summed E-state index contributed by atoms with van der Waals surface area (Å²) >= 11 is 0. The van der Waals surface area contributed by atoms with Crippen molar-refractivity contribution in [3.05, 3.63) is 48.5 Å². The molecule has 0 radical (unpaired) electrons. The molecule has 2 N–H and O–H groups in total. The van der Waals surface area contributed by atoms with Crippen molar-refractivity contribution in [3.8, 4) is 11.5 Å². The Morgan fingerprint density at radius 2 is 1.42 bits per heavy atom. The zero-order valence-corrected chi connectivity index (χ0v) is 11.1. The van der Waals surface area contributed by atoms with Gasteiger partial charge in [0.05, 0.1) is 7.11 Å². The topological polar surface area (TPSA) is 78.6 Å². The Labute approximate surface area is 111 Å². The van der Waals surface area contributed by atoms with Crippen molar-refractivity contribution in [1.82, 2.24) is 0 Å². The molecule has 0 saturated heterocycles. The first-order valence-corrected chi connectivity index (χ1v) is 6.86. The van der Waals surface area contributed by atoms with Crippen molar-refractivity contribution in [2.24, 2.45) is 0 Å². The van der Waals surface area contributed by atoms with Gasteiger partial charge in [0.25, 0.3) is 0 Å². The SMILES string of the molecule is COc1ccc(S(=O)(=O)Oc2ccc(N)cc2)cc1. The highest BCUT2D eigenvalue weighted by atomic mass is 32.2. The van der Waals surface area contributed by atoms with Crippen LogP contribution in [0.3, 0.4) is 0 Å². The minimum atomic E-state index is -3.85. The summed E-state index contributed by atoms with van der Waals surface area (Å²) in [4.78, 5) is 0.0603. The van der Waals surface area contributed by atoms with Gasteiger partial charge in [-0.05, 0) is 48.5 Å². The number of hydrogen-bond donors (Lipinski definition) is 1. The van der Waals surface area contributed by atoms with E-state index in [1.54, 1.807) is 24.3 Å². The van der Waals surface area contributed by atoms with E-state index in [1.807, 2.05) is 0 Å². The maximum atomic E-state index is 12.0. The van der Waals surface area contributed by atoms with Crippen molar-refractivity contribution in [2.75, 3.05) is 12.8 Å². The Morgan fingerprint density at radius 1 is 0.895 bits per heavy atom. The van der Waals surface area contributed by atoms with E-state index < -0.39 is 10.1 Å². The molecule has 0 heterocycles. The summed E-state index contributed by atoms with van der Waals surface area (Å²) in [6.07, 6.45) is 0. The van der Waals surface area contributed by atoms with Crippen LogP contribution in [0.2, 0.25) is 0 Å². The van der Waals surface area contributed by atoms with Crippen LogP contribution in [0.25, 0.3) is 0 Å². The molecule has 0 amide bonds. The van der Waals surface area contributed by atoms with Crippen molar-refractivity contribution in [1.29, 1.82) is 0 Å². The van der Waals surface area contributed by atoms with Crippen LogP contribution in [0.4, 0.5) is 5.69 Å². The van der Waals surface area contributed by atoms with Crippen molar-refractivity contribution < 1.29 is 17.3 Å². The van der Waals surface area contributed by atoms with Gasteiger partial charge in [0.1, 0.15) is 16.4 Å². The van der Waals surface area contributed by atoms with Gasteiger partial charge in [-0.3, -0.25) is 0 Å². The molecule has 5 nitrogen and oxygen atoms in total. The fourth-order valence-corrected chi connectivity index (χ4v) is 2.37. The zero-order chi connectivity index (χ0) is 13.9. The molecule has 2 aromatic rings. The van der Waals surface area contributed by atoms with Crippen LogP contribution in [0.1, 0.15) is 0 Å². The second kappa shape index (κ2) is 5.19. The summed E-state index contributed by atoms with van der Waals surface area (Å²) in [5.74, 6) is 0.788. The van der Waals surface area contributed by atoms with Crippen LogP contribution in [-0.2, 0) is 10.1 Å². The quantitative estimate of drug-likeness (QED) is 0.684. The maximum Gasteiger partial charge on any atom is 0.339 e. The van der Waals surface area contributed by atoms with Crippen LogP contribution >= 0.6 is 0 Å². The summed E-state index contributed by atoms with van der Waals surface area (Å²) < 4.78 is 33.9. The standard InChI is InChI=1S/C13H13NO4S/c1-17-11-6-8-13(9-7-11)19(15,16)18-12-4-2-10(14)3-5-12/h2-9H,14H2,1H3. The van der Waals surface area contributed by atoms with E-state index in [2.05, 4.69) is 0 Å². The molecule has 2 rings (SSSR count). The minimum Gasteiger partial charge on any atom is -0.497 e. The molecular formula is C13H13NO4S. The summed E-state index contributed by atoms with van der Waals surface area (Å²) in [6, 6.07) is 12.1. The molecule has 100 valence electrons. The number of rotatable bonds is 4. The van der Waals surface area contributed by atoms with Crippen molar-refractivity contribution in [2.45, 2.75) is 4.90 Å². The fraction of sp³-hybridized carbons (Fsp3) is 0.0769. The molecule has 0 fully saturated rings. The van der Waals surface area contributed by atoms with Gasteiger partial charge in [0, 0.05) is 5.69 Å². The van der Waals surface area contributed by atoms with Crippen molar-refractivity contribution in [3.63, 3.8) is 0 Å². The number of nitrogens with two attached hydrogens (primary N) is 1. The summed E-state index contributed by atoms with van der Waals surface area (Å²) in [5.41, 5.74) is 6.05. The second-order valence-corrected chi connectivity index (χ2v) is 5.33. The fourth-order valence-electron chi connectivity index (χ4n) is 1.44. The Morgan fingerprint density at radius 3 is 1.95 bits per heavy atom. The van der Waals surface area contributed by atoms with Gasteiger partial charge in [-0.1, -0.05) is 0 Å². The largest absolute Gasteiger partial charge is 0.497 e. The molecule has 0 aromatic heterocycles. The van der Waals surface area contributed by atoms with Crippen molar-refractivity contribution >= 4 is 15.8 Å². The Hall–Kier alpha value is -2.21. The van der Waals surface area contributed by atoms with E-state index in [4.69, 9.17) is 14.7 Å². The van der Waals surface area contributed by atoms with Crippen LogP contribution < -0.4 is 14.7 Å². The van der Waals surface area contributed by atoms with E-state index in [-0.39, 0.29) is 10.6 Å². The molecular weight excluding hydrogens is 266 g/mol. The Bertz CT molecular complexity index is 648. The third-order valence-electron chi connectivity index (χ3n) is 2.43. The average molecular weight is 279 g/mol. The minimum absolute atomic E-state index is 0.0603. The molecule has 0 atom stereocenters. The van der Waals surface area contributed by atoms with E-state index in [0.717, 1.165) is 0 Å². The molecule has 0 aliphatic carbocycles. The highest BCUT2D eigenvalue weighted by molar-refractivity contribution is 7.87. The molecule has 0 spiro atoms. The van der Waals surface area contributed by atoms with Crippen LogP contribution in [0, 0.1) is 0 Å². The molecule has 6 heteroatoms. The molecule has 19 heavy (non-hydrogen) atoms. The number of ether oxygens (including phenoxy) is 1. The first kappa shape index (κ1) is 13.2. The summed E-state index contributed by atoms with van der Waals surface area (Å²) in [5, 5.41) is 0. The molecule has 0 aliphatic rings. The first-order chi connectivity index (χ1) is 9.01. The normalized spacial score (nSPS) is 11.0. The number of benzene rings is 2. The van der Waals surface area contributed by atoms with E-state index in [1.165, 1.54) is 31.4 Å².